The number of benzene rings is 1. The SMILES string of the molecule is CC(=O)Nc1c(C)cccc1C(=O)OCC(=O)N(CCC#N)Cc1ccco1. The third-order valence-electron chi connectivity index (χ3n) is 3.89. The van der Waals surface area contributed by atoms with Crippen LogP contribution in [-0.2, 0) is 20.9 Å². The molecule has 1 heterocycles. The van der Waals surface area contributed by atoms with Crippen LogP contribution < -0.4 is 5.32 Å². The molecule has 0 aliphatic carbocycles. The Kier molecular flexibility index (Phi) is 7.34. The second-order valence-electron chi connectivity index (χ2n) is 6.06. The summed E-state index contributed by atoms with van der Waals surface area (Å²) in [7, 11) is 0. The van der Waals surface area contributed by atoms with Gasteiger partial charge in [-0.15, -0.1) is 0 Å². The minimum atomic E-state index is -0.723. The molecule has 0 aliphatic rings. The lowest BCUT2D eigenvalue weighted by atomic mass is 10.1. The topological polar surface area (TPSA) is 113 Å². The highest BCUT2D eigenvalue weighted by atomic mass is 16.5. The van der Waals surface area contributed by atoms with Crippen molar-refractivity contribution in [1.82, 2.24) is 4.90 Å². The molecule has 28 heavy (non-hydrogen) atoms. The number of carbonyl (C=O) groups excluding carboxylic acids is 3. The number of carbonyl (C=O) groups is 3. The van der Waals surface area contributed by atoms with Gasteiger partial charge in [0.1, 0.15) is 5.76 Å². The van der Waals surface area contributed by atoms with Crippen LogP contribution in [-0.4, -0.2) is 35.8 Å². The van der Waals surface area contributed by atoms with E-state index in [1.54, 1.807) is 31.2 Å². The number of hydrogen-bond acceptors (Lipinski definition) is 6. The molecule has 2 rings (SSSR count). The smallest absolute Gasteiger partial charge is 0.340 e. The fourth-order valence-corrected chi connectivity index (χ4v) is 2.54. The van der Waals surface area contributed by atoms with Gasteiger partial charge in [0.2, 0.25) is 5.91 Å². The van der Waals surface area contributed by atoms with E-state index in [1.165, 1.54) is 24.2 Å². The number of hydrogen-bond donors (Lipinski definition) is 1. The van der Waals surface area contributed by atoms with Crippen LogP contribution in [0.4, 0.5) is 5.69 Å². The van der Waals surface area contributed by atoms with E-state index in [4.69, 9.17) is 14.4 Å². The van der Waals surface area contributed by atoms with Gasteiger partial charge < -0.3 is 19.4 Å². The number of amides is 2. The normalized spacial score (nSPS) is 10.0. The van der Waals surface area contributed by atoms with Gasteiger partial charge >= 0.3 is 5.97 Å². The van der Waals surface area contributed by atoms with Crippen molar-refractivity contribution >= 4 is 23.5 Å². The monoisotopic (exact) mass is 383 g/mol. The molecule has 0 atom stereocenters. The van der Waals surface area contributed by atoms with E-state index in [0.717, 1.165) is 0 Å². The molecule has 0 radical (unpaired) electrons. The average molecular weight is 383 g/mol. The van der Waals surface area contributed by atoms with Crippen LogP contribution in [0.5, 0.6) is 0 Å². The zero-order valence-corrected chi connectivity index (χ0v) is 15.7. The molecule has 2 amide bonds. The van der Waals surface area contributed by atoms with Gasteiger partial charge in [-0.3, -0.25) is 9.59 Å². The standard InChI is InChI=1S/C20H21N3O5/c1-14-6-3-8-17(19(14)22-15(2)24)20(26)28-13-18(25)23(10-5-9-21)12-16-7-4-11-27-16/h3-4,6-8,11H,5,10,12-13H2,1-2H3,(H,22,24). The molecule has 0 spiro atoms. The molecule has 1 N–H and O–H groups in total. The molecule has 0 saturated carbocycles. The Hall–Kier alpha value is -3.60. The summed E-state index contributed by atoms with van der Waals surface area (Å²) in [6.07, 6.45) is 1.63. The van der Waals surface area contributed by atoms with Gasteiger partial charge in [0.25, 0.3) is 5.91 Å². The maximum absolute atomic E-state index is 12.5. The van der Waals surface area contributed by atoms with E-state index in [-0.39, 0.29) is 31.0 Å². The minimum Gasteiger partial charge on any atom is -0.467 e. The van der Waals surface area contributed by atoms with E-state index >= 15 is 0 Å². The molecule has 146 valence electrons. The third kappa shape index (κ3) is 5.71. The van der Waals surface area contributed by atoms with Crippen LogP contribution in [0.15, 0.2) is 41.0 Å². The highest BCUT2D eigenvalue weighted by molar-refractivity contribution is 6.02. The van der Waals surface area contributed by atoms with Crippen LogP contribution in [0.25, 0.3) is 0 Å². The van der Waals surface area contributed by atoms with Crippen molar-refractivity contribution in [3.05, 3.63) is 53.5 Å². The Labute approximate surface area is 162 Å². The van der Waals surface area contributed by atoms with Gasteiger partial charge in [0, 0.05) is 13.5 Å². The average Bonchev–Trinajstić information content (AvgIpc) is 3.17. The summed E-state index contributed by atoms with van der Waals surface area (Å²) in [6, 6.07) is 10.3. The summed E-state index contributed by atoms with van der Waals surface area (Å²) in [5.41, 5.74) is 1.21. The summed E-state index contributed by atoms with van der Waals surface area (Å²) in [5, 5.41) is 11.4. The number of para-hydroxylation sites is 1. The van der Waals surface area contributed by atoms with Crippen molar-refractivity contribution in [3.8, 4) is 6.07 Å². The maximum atomic E-state index is 12.5. The number of nitrogens with one attached hydrogen (secondary N) is 1. The van der Waals surface area contributed by atoms with Gasteiger partial charge in [-0.1, -0.05) is 12.1 Å². The van der Waals surface area contributed by atoms with E-state index in [1.807, 2.05) is 6.07 Å². The second-order valence-corrected chi connectivity index (χ2v) is 6.06. The van der Waals surface area contributed by atoms with Crippen LogP contribution >= 0.6 is 0 Å². The Morgan fingerprint density at radius 2 is 2.04 bits per heavy atom. The first-order chi connectivity index (χ1) is 13.4. The van der Waals surface area contributed by atoms with Gasteiger partial charge in [0.05, 0.1) is 36.5 Å². The number of anilines is 1. The van der Waals surface area contributed by atoms with E-state index < -0.39 is 18.5 Å². The fourth-order valence-electron chi connectivity index (χ4n) is 2.54. The maximum Gasteiger partial charge on any atom is 0.340 e. The highest BCUT2D eigenvalue weighted by Gasteiger charge is 2.20. The van der Waals surface area contributed by atoms with Crippen molar-refractivity contribution in [1.29, 1.82) is 5.26 Å². The number of rotatable bonds is 8. The van der Waals surface area contributed by atoms with Crippen molar-refractivity contribution in [3.63, 3.8) is 0 Å². The van der Waals surface area contributed by atoms with Crippen LogP contribution in [0.1, 0.15) is 35.0 Å². The number of aryl methyl sites for hydroxylation is 1. The van der Waals surface area contributed by atoms with Crippen LogP contribution in [0.3, 0.4) is 0 Å². The molecule has 2 aromatic rings. The van der Waals surface area contributed by atoms with E-state index in [2.05, 4.69) is 5.32 Å². The molecule has 0 saturated heterocycles. The van der Waals surface area contributed by atoms with Crippen molar-refractivity contribution < 1.29 is 23.5 Å². The fraction of sp³-hybridized carbons (Fsp3) is 0.300. The molecule has 8 heteroatoms. The molecular formula is C20H21N3O5. The number of esters is 1. The number of furan rings is 1. The summed E-state index contributed by atoms with van der Waals surface area (Å²) in [5.74, 6) is -0.933. The van der Waals surface area contributed by atoms with Gasteiger partial charge in [-0.25, -0.2) is 4.79 Å². The first-order valence-corrected chi connectivity index (χ1v) is 8.63. The summed E-state index contributed by atoms with van der Waals surface area (Å²) in [4.78, 5) is 37.7. The second kappa shape index (κ2) is 9.92. The molecule has 0 unspecified atom stereocenters. The summed E-state index contributed by atoms with van der Waals surface area (Å²) >= 11 is 0. The minimum absolute atomic E-state index is 0.144. The first kappa shape index (κ1) is 20.7. The zero-order valence-electron chi connectivity index (χ0n) is 15.7. The lowest BCUT2D eigenvalue weighted by Gasteiger charge is -2.20. The molecule has 0 fully saturated rings. The summed E-state index contributed by atoms with van der Waals surface area (Å²) < 4.78 is 10.4. The molecule has 8 nitrogen and oxygen atoms in total. The van der Waals surface area contributed by atoms with Crippen LogP contribution in [0.2, 0.25) is 0 Å². The van der Waals surface area contributed by atoms with Crippen molar-refractivity contribution in [2.45, 2.75) is 26.8 Å². The van der Waals surface area contributed by atoms with E-state index in [0.29, 0.717) is 17.0 Å². The number of nitriles is 1. The number of nitrogens with zero attached hydrogens (tertiary/aromatic N) is 2. The number of ether oxygens (including phenoxy) is 1. The molecule has 0 aliphatic heterocycles. The molecule has 1 aromatic heterocycles. The largest absolute Gasteiger partial charge is 0.467 e. The predicted octanol–water partition coefficient (Wildman–Crippen LogP) is 2.65. The summed E-state index contributed by atoms with van der Waals surface area (Å²) in [6.45, 7) is 2.97. The Morgan fingerprint density at radius 1 is 1.25 bits per heavy atom. The predicted molar refractivity (Wildman–Crippen MR) is 100 cm³/mol. The molecule has 1 aromatic carbocycles. The quantitative estimate of drug-likeness (QED) is 0.701. The van der Waals surface area contributed by atoms with Gasteiger partial charge in [0.15, 0.2) is 6.61 Å². The first-order valence-electron chi connectivity index (χ1n) is 8.63. The lowest BCUT2D eigenvalue weighted by molar-refractivity contribution is -0.135. The lowest BCUT2D eigenvalue weighted by Crippen LogP contribution is -2.35. The zero-order chi connectivity index (χ0) is 20.5. The van der Waals surface area contributed by atoms with Gasteiger partial charge in [-0.2, -0.15) is 5.26 Å². The Morgan fingerprint density at radius 3 is 2.68 bits per heavy atom. The highest BCUT2D eigenvalue weighted by Crippen LogP contribution is 2.21. The third-order valence-corrected chi connectivity index (χ3v) is 3.89. The van der Waals surface area contributed by atoms with Crippen molar-refractivity contribution in [2.24, 2.45) is 0 Å². The van der Waals surface area contributed by atoms with Crippen LogP contribution in [0, 0.1) is 18.3 Å². The molecular weight excluding hydrogens is 362 g/mol. The Bertz CT molecular complexity index is 884. The van der Waals surface area contributed by atoms with E-state index in [9.17, 15) is 14.4 Å². The van der Waals surface area contributed by atoms with Crippen molar-refractivity contribution in [2.75, 3.05) is 18.5 Å². The van der Waals surface area contributed by atoms with Gasteiger partial charge in [-0.05, 0) is 30.7 Å². The Balaban J connectivity index is 2.05. The molecule has 0 bridgehead atoms.